The predicted molar refractivity (Wildman–Crippen MR) is 526 cm³/mol. The van der Waals surface area contributed by atoms with E-state index in [1.54, 1.807) is 97.4 Å². The fourth-order valence-corrected chi connectivity index (χ4v) is 22.2. The molecule has 24 nitrogen and oxygen atoms in total. The summed E-state index contributed by atoms with van der Waals surface area (Å²) in [5.74, 6) is 7.35. The van der Waals surface area contributed by atoms with Gasteiger partial charge in [-0.25, -0.2) is 33.6 Å². The van der Waals surface area contributed by atoms with Crippen molar-refractivity contribution in [2.75, 3.05) is 25.6 Å². The number of aryl methyl sites for hydroxylation is 14. The third kappa shape index (κ3) is 29.6. The van der Waals surface area contributed by atoms with Crippen molar-refractivity contribution in [2.24, 2.45) is 58.7 Å². The number of carbonyl (C=O) groups is 7. The second kappa shape index (κ2) is 49.1. The number of aromatic carboxylic acids is 7. The number of anilines is 1. The van der Waals surface area contributed by atoms with E-state index in [1.165, 1.54) is 142 Å². The van der Waals surface area contributed by atoms with E-state index in [2.05, 4.69) is 84.1 Å². The largest absolute Gasteiger partial charge is 0.493 e. The number of carboxylic acid groups (broad SMARTS) is 7. The number of terminal acetylenes is 1. The van der Waals surface area contributed by atoms with Crippen LogP contribution in [0.3, 0.4) is 0 Å². The third-order valence-electron chi connectivity index (χ3n) is 27.8. The molecule has 8 bridgehead atoms. The molecule has 25 heteroatoms. The molecule has 0 saturated heterocycles. The minimum Gasteiger partial charge on any atom is -0.493 e. The Morgan fingerprint density at radius 1 is 0.409 bits per heavy atom. The van der Waals surface area contributed by atoms with Crippen LogP contribution in [0.25, 0.3) is 0 Å². The fraction of sp³-hybridized carbons (Fsp3) is 0.375. The monoisotopic (exact) mass is 1870 g/mol. The lowest BCUT2D eigenvalue weighted by Crippen LogP contribution is -2.46. The molecule has 9 fully saturated rings. The van der Waals surface area contributed by atoms with Crippen molar-refractivity contribution < 1.29 is 78.5 Å². The zero-order valence-corrected chi connectivity index (χ0v) is 79.0. The van der Waals surface area contributed by atoms with Crippen molar-refractivity contribution in [3.8, 4) is 18.1 Å². The van der Waals surface area contributed by atoms with Crippen LogP contribution < -0.4 is 9.64 Å². The van der Waals surface area contributed by atoms with Crippen LogP contribution in [-0.4, -0.2) is 133 Å². The lowest BCUT2D eigenvalue weighted by atomic mass is 9.48. The first-order valence-electron chi connectivity index (χ1n) is 47.4. The van der Waals surface area contributed by atoms with Gasteiger partial charge in [0.15, 0.2) is 0 Å². The highest BCUT2D eigenvalue weighted by Gasteiger charge is 2.51. The van der Waals surface area contributed by atoms with E-state index in [-0.39, 0.29) is 0 Å². The standard InChI is InChI=1S/C18H19NO3.2C18H23NO2.C16H18N2O2.C16H13NO2.C13H13NO3.C13H13NO2S/c20-18(21)17-8-9-19-11-15(17)7-6-13-2-1-3-16(10-13)22-12-14-4-5-14;20-17(21)16-2-4-19-11-15(16)1-3-18-8-12-5-13(9-18)7-14(6-12)10-18;20-18(21)17-3-4-19-10-13(17)1-2-16-14-6-11-5-12(8-14)9-15(16)7-11;1-18(2)14-7-4-12(5-8-14)3-6-13-11-17-10-9-15(13)16(19)20;1-2-12-3-5-13(6-4-12)7-8-14-11-17-10-9-15(14)16(18)19;2*1-9-2-4-11(17-9)5-3-10-8-14-7-6-12(10)13(15)16/h1-3,8-11,14H,4-7,12H2,(H,20,21);2,4,11-14H,1,3,5-10H2,(H,20,21);3-4,10-12,14-16H,1-2,5-9H2,(H,20,21);4-5,7-11H,3,6H2,1-2H3,(H,19,20);1,3-6,9-11H,7-8H2,(H,18,19);2*2,4,6-8H,3,5H2,1H3,(H,15,16). The summed E-state index contributed by atoms with van der Waals surface area (Å²) in [6, 6.07) is 43.0. The van der Waals surface area contributed by atoms with Gasteiger partial charge in [-0.05, 0) is 398 Å². The van der Waals surface area contributed by atoms with Crippen LogP contribution in [0.1, 0.15) is 251 Å². The number of hydrogen-bond donors (Lipinski definition) is 7. The van der Waals surface area contributed by atoms with E-state index in [0.29, 0.717) is 76.5 Å². The second-order valence-electron chi connectivity index (χ2n) is 37.7. The Morgan fingerprint density at radius 2 is 0.781 bits per heavy atom. The molecule has 0 amide bonds. The lowest BCUT2D eigenvalue weighted by Gasteiger charge is -2.57. The molecule has 9 saturated carbocycles. The van der Waals surface area contributed by atoms with Gasteiger partial charge in [0.2, 0.25) is 0 Å². The molecule has 137 heavy (non-hydrogen) atoms. The van der Waals surface area contributed by atoms with Gasteiger partial charge in [0.1, 0.15) is 17.3 Å². The highest BCUT2D eigenvalue weighted by molar-refractivity contribution is 7.11. The van der Waals surface area contributed by atoms with Crippen LogP contribution in [0.15, 0.2) is 231 Å². The Kier molecular flexibility index (Phi) is 36.0. The van der Waals surface area contributed by atoms with E-state index in [9.17, 15) is 48.9 Å². The molecule has 0 atom stereocenters. The van der Waals surface area contributed by atoms with Crippen LogP contribution in [0, 0.1) is 84.9 Å². The van der Waals surface area contributed by atoms with Gasteiger partial charge >= 0.3 is 41.8 Å². The molecule has 9 aliphatic carbocycles. The number of hydrogen-bond acceptors (Lipinski definition) is 18. The zero-order valence-electron chi connectivity index (χ0n) is 78.2. The summed E-state index contributed by atoms with van der Waals surface area (Å²) >= 11 is 1.75. The van der Waals surface area contributed by atoms with Crippen molar-refractivity contribution >= 4 is 58.8 Å². The van der Waals surface area contributed by atoms with Crippen molar-refractivity contribution in [1.82, 2.24) is 34.9 Å². The number of carboxylic acids is 7. The lowest BCUT2D eigenvalue weighted by molar-refractivity contribution is -0.0570. The average Bonchev–Trinajstić information content (AvgIpc) is 1.67. The summed E-state index contributed by atoms with van der Waals surface area (Å²) in [5.41, 5.74) is 14.1. The van der Waals surface area contributed by atoms with E-state index in [4.69, 9.17) is 36.0 Å². The summed E-state index contributed by atoms with van der Waals surface area (Å²) < 4.78 is 11.2. The Bertz CT molecular complexity index is 5980. The number of ether oxygens (including phenoxy) is 1. The molecule has 0 spiro atoms. The van der Waals surface area contributed by atoms with E-state index in [1.807, 2.05) is 86.6 Å². The van der Waals surface area contributed by atoms with E-state index in [0.717, 1.165) is 196 Å². The molecule has 12 aromatic rings. The molecule has 9 aromatic heterocycles. The molecular formula is C112H122N8O16S. The van der Waals surface area contributed by atoms with Crippen LogP contribution in [0.5, 0.6) is 5.75 Å². The zero-order chi connectivity index (χ0) is 96.9. The number of thiophene rings is 1. The summed E-state index contributed by atoms with van der Waals surface area (Å²) in [6.07, 6.45) is 57.2. The average molecular weight is 1870 g/mol. The van der Waals surface area contributed by atoms with Crippen molar-refractivity contribution in [2.45, 2.75) is 187 Å². The Morgan fingerprint density at radius 3 is 1.15 bits per heavy atom. The number of nitrogens with zero attached hydrogens (tertiary/aromatic N) is 8. The van der Waals surface area contributed by atoms with Gasteiger partial charge in [0.25, 0.3) is 0 Å². The summed E-state index contributed by atoms with van der Waals surface area (Å²) in [7, 11) is 4.01. The van der Waals surface area contributed by atoms with Gasteiger partial charge in [-0.1, -0.05) is 42.3 Å². The number of aromatic nitrogens is 7. The van der Waals surface area contributed by atoms with E-state index >= 15 is 0 Å². The van der Waals surface area contributed by atoms with Gasteiger partial charge in [-0.2, -0.15) is 0 Å². The van der Waals surface area contributed by atoms with Gasteiger partial charge in [-0.3, -0.25) is 34.9 Å². The van der Waals surface area contributed by atoms with Crippen molar-refractivity contribution in [3.05, 3.63) is 348 Å². The molecule has 0 radical (unpaired) electrons. The SMILES string of the molecule is C#Cc1ccc(CCc2cnccc2C(=O)O)cc1.CN(C)c1ccc(CCc2cnccc2C(=O)O)cc1.Cc1ccc(CCc2cnccc2C(=O)O)o1.Cc1ccc(CCc2cnccc2C(=O)O)s1.O=C(O)c1ccncc1CCC12CC3CC(CC(C3)C1)C2.O=C(O)c1ccncc1CCC1C2CC3CC(C2)CC1C3.O=C(O)c1ccncc1CCc1cccc(OCC2CC2)c1. The maximum atomic E-state index is 11.3. The first-order valence-corrected chi connectivity index (χ1v) is 48.3. The smallest absolute Gasteiger partial charge is 0.336 e. The molecule has 9 heterocycles. The first-order chi connectivity index (χ1) is 66.2. The highest BCUT2D eigenvalue weighted by atomic mass is 32.1. The van der Waals surface area contributed by atoms with Crippen LogP contribution in [0.2, 0.25) is 0 Å². The topological polar surface area (TPSA) is 377 Å². The predicted octanol–water partition coefficient (Wildman–Crippen LogP) is 21.6. The summed E-state index contributed by atoms with van der Waals surface area (Å²) in [6.45, 7) is 4.76. The molecule has 0 aliphatic heterocycles. The normalized spacial score (nSPS) is 19.0. The Hall–Kier alpha value is -13.9. The van der Waals surface area contributed by atoms with Crippen LogP contribution in [-0.2, 0) is 77.0 Å². The van der Waals surface area contributed by atoms with Crippen LogP contribution in [0.4, 0.5) is 5.69 Å². The number of benzene rings is 3. The number of furan rings is 1. The number of pyridine rings is 7. The molecule has 9 aliphatic rings. The van der Waals surface area contributed by atoms with Gasteiger partial charge in [0.05, 0.1) is 45.6 Å². The van der Waals surface area contributed by atoms with Crippen molar-refractivity contribution in [1.29, 1.82) is 0 Å². The minimum absolute atomic E-state index is 0.309. The first kappa shape index (κ1) is 101. The van der Waals surface area contributed by atoms with Crippen molar-refractivity contribution in [3.63, 3.8) is 0 Å². The molecule has 21 rings (SSSR count). The Labute approximate surface area is 804 Å². The molecule has 712 valence electrons. The molecule has 0 unspecified atom stereocenters. The Balaban J connectivity index is 0.000000135. The fourth-order valence-electron chi connectivity index (χ4n) is 21.3. The molecular weight excluding hydrogens is 1750 g/mol. The third-order valence-corrected chi connectivity index (χ3v) is 28.8. The van der Waals surface area contributed by atoms with Gasteiger partial charge < -0.3 is 49.8 Å². The maximum Gasteiger partial charge on any atom is 0.336 e. The summed E-state index contributed by atoms with van der Waals surface area (Å²) in [5, 5.41) is 64.0. The maximum absolute atomic E-state index is 11.3. The number of rotatable bonds is 32. The van der Waals surface area contributed by atoms with Gasteiger partial charge in [0, 0.05) is 128 Å². The second-order valence-corrected chi connectivity index (χ2v) is 39.1. The van der Waals surface area contributed by atoms with Gasteiger partial charge in [-0.15, -0.1) is 17.8 Å². The summed E-state index contributed by atoms with van der Waals surface area (Å²) in [4.78, 5) is 111. The minimum atomic E-state index is -0.918. The molecule has 3 aromatic carbocycles. The van der Waals surface area contributed by atoms with Crippen LogP contribution >= 0.6 is 11.3 Å². The highest BCUT2D eigenvalue weighted by Crippen LogP contribution is 2.62. The quantitative estimate of drug-likeness (QED) is 0.0193. The van der Waals surface area contributed by atoms with E-state index < -0.39 is 41.8 Å². The molecule has 7 N–H and O–H groups in total.